The maximum absolute atomic E-state index is 13.4. The van der Waals surface area contributed by atoms with Gasteiger partial charge in [0.05, 0.1) is 17.9 Å². The molecule has 2 aliphatic rings. The monoisotopic (exact) mass is 584 g/mol. The predicted octanol–water partition coefficient (Wildman–Crippen LogP) is 5.54. The summed E-state index contributed by atoms with van der Waals surface area (Å²) in [4.78, 5) is 40.4. The number of hydrogen-bond acceptors (Lipinski definition) is 4. The van der Waals surface area contributed by atoms with Crippen LogP contribution in [-0.4, -0.2) is 42.7 Å². The highest BCUT2D eigenvalue weighted by Gasteiger charge is 2.41. The molecule has 1 fully saturated rings. The zero-order chi connectivity index (χ0) is 29.9. The van der Waals surface area contributed by atoms with Gasteiger partial charge in [-0.3, -0.25) is 14.4 Å². The summed E-state index contributed by atoms with van der Waals surface area (Å²) >= 11 is 0. The average Bonchev–Trinajstić information content (AvgIpc) is 3.73. The van der Waals surface area contributed by atoms with Gasteiger partial charge in [-0.25, -0.2) is 0 Å². The van der Waals surface area contributed by atoms with E-state index in [1.54, 1.807) is 29.2 Å². The number of halogens is 6. The molecule has 4 N–H and O–H groups in total. The van der Waals surface area contributed by atoms with Crippen molar-refractivity contribution in [3.8, 4) is 0 Å². The Kier molecular flexibility index (Phi) is 8.83. The molecule has 0 saturated heterocycles. The Bertz CT molecular complexity index is 1280. The number of alkyl halides is 6. The number of nitrogens with zero attached hydrogens (tertiary/aromatic N) is 1. The number of primary amides is 1. The van der Waals surface area contributed by atoms with Gasteiger partial charge >= 0.3 is 12.4 Å². The van der Waals surface area contributed by atoms with Crippen LogP contribution in [0.2, 0.25) is 0 Å². The zero-order valence-corrected chi connectivity index (χ0v) is 21.9. The summed E-state index contributed by atoms with van der Waals surface area (Å²) in [7, 11) is 0. The Balaban J connectivity index is 1.62. The Morgan fingerprint density at radius 3 is 2.20 bits per heavy atom. The van der Waals surface area contributed by atoms with Crippen molar-refractivity contribution in [2.45, 2.75) is 62.8 Å². The van der Waals surface area contributed by atoms with E-state index in [0.29, 0.717) is 23.0 Å². The van der Waals surface area contributed by atoms with Gasteiger partial charge < -0.3 is 21.3 Å². The zero-order valence-electron chi connectivity index (χ0n) is 21.9. The number of fused-ring (bicyclic) bond motifs is 1. The quantitative estimate of drug-likeness (QED) is 0.319. The average molecular weight is 585 g/mol. The molecule has 2 aromatic rings. The van der Waals surface area contributed by atoms with Gasteiger partial charge in [0.2, 0.25) is 17.7 Å². The molecule has 3 atom stereocenters. The third-order valence-corrected chi connectivity index (χ3v) is 7.35. The first-order valence-corrected chi connectivity index (χ1v) is 13.2. The number of benzene rings is 2. The van der Waals surface area contributed by atoms with Crippen LogP contribution in [0.15, 0.2) is 48.5 Å². The van der Waals surface area contributed by atoms with E-state index in [1.807, 2.05) is 24.3 Å². The van der Waals surface area contributed by atoms with Gasteiger partial charge in [-0.1, -0.05) is 24.3 Å². The summed E-state index contributed by atoms with van der Waals surface area (Å²) < 4.78 is 78.0. The third-order valence-electron chi connectivity index (χ3n) is 7.35. The molecule has 2 aromatic carbocycles. The smallest absolute Gasteiger partial charge is 0.369 e. The Labute approximate surface area is 232 Å². The largest absolute Gasteiger partial charge is 0.389 e. The molecule has 1 aliphatic heterocycles. The number of anilines is 3. The molecular formula is C28H30F6N4O3. The van der Waals surface area contributed by atoms with E-state index in [1.165, 1.54) is 0 Å². The van der Waals surface area contributed by atoms with Crippen LogP contribution >= 0.6 is 0 Å². The molecule has 0 spiro atoms. The van der Waals surface area contributed by atoms with E-state index >= 15 is 0 Å². The molecule has 41 heavy (non-hydrogen) atoms. The van der Waals surface area contributed by atoms with Crippen LogP contribution in [0.4, 0.5) is 43.4 Å². The normalized spacial score (nSPS) is 19.0. The number of carbonyl (C=O) groups excluding carboxylic acids is 3. The fourth-order valence-corrected chi connectivity index (χ4v) is 5.09. The number of rotatable bonds is 10. The molecule has 0 aromatic heterocycles. The SMILES string of the molecule is NC(=O)C(CCC(F)(F)F)C(CCC(F)(F)F)C(=O)NC1CN(c2cccc(C3CC3)c2)c2ccccc2NC1=O. The van der Waals surface area contributed by atoms with Crippen LogP contribution in [0.3, 0.4) is 0 Å². The minimum Gasteiger partial charge on any atom is -0.369 e. The van der Waals surface area contributed by atoms with Gasteiger partial charge in [0.25, 0.3) is 0 Å². The highest BCUT2D eigenvalue weighted by molar-refractivity contribution is 6.02. The van der Waals surface area contributed by atoms with Gasteiger partial charge in [0.15, 0.2) is 0 Å². The maximum Gasteiger partial charge on any atom is 0.389 e. The van der Waals surface area contributed by atoms with Crippen LogP contribution in [0.1, 0.15) is 50.0 Å². The minimum absolute atomic E-state index is 0.127. The van der Waals surface area contributed by atoms with Crippen LogP contribution in [0, 0.1) is 11.8 Å². The van der Waals surface area contributed by atoms with Crippen molar-refractivity contribution < 1.29 is 40.7 Å². The van der Waals surface area contributed by atoms with Crippen molar-refractivity contribution in [3.05, 3.63) is 54.1 Å². The molecule has 3 unspecified atom stereocenters. The van der Waals surface area contributed by atoms with Crippen molar-refractivity contribution in [2.75, 3.05) is 16.8 Å². The highest BCUT2D eigenvalue weighted by atomic mass is 19.4. The van der Waals surface area contributed by atoms with Gasteiger partial charge in [0.1, 0.15) is 6.04 Å². The van der Waals surface area contributed by atoms with Crippen molar-refractivity contribution >= 4 is 34.8 Å². The first-order chi connectivity index (χ1) is 19.2. The van der Waals surface area contributed by atoms with Crippen molar-refractivity contribution in [1.82, 2.24) is 5.32 Å². The number of hydrogen-bond donors (Lipinski definition) is 3. The molecule has 13 heteroatoms. The molecule has 0 bridgehead atoms. The van der Waals surface area contributed by atoms with Gasteiger partial charge in [-0.15, -0.1) is 0 Å². The summed E-state index contributed by atoms with van der Waals surface area (Å²) in [5, 5.41) is 5.12. The fourth-order valence-electron chi connectivity index (χ4n) is 5.09. The van der Waals surface area contributed by atoms with Crippen molar-refractivity contribution in [3.63, 3.8) is 0 Å². The first kappa shape index (κ1) is 30.2. The predicted molar refractivity (Wildman–Crippen MR) is 139 cm³/mol. The molecule has 0 radical (unpaired) electrons. The first-order valence-electron chi connectivity index (χ1n) is 13.2. The Morgan fingerprint density at radius 2 is 1.59 bits per heavy atom. The molecule has 222 valence electrons. The molecule has 1 heterocycles. The lowest BCUT2D eigenvalue weighted by atomic mass is 9.83. The topological polar surface area (TPSA) is 105 Å². The van der Waals surface area contributed by atoms with E-state index in [0.717, 1.165) is 18.4 Å². The lowest BCUT2D eigenvalue weighted by Gasteiger charge is -2.30. The minimum atomic E-state index is -4.74. The second-order valence-electron chi connectivity index (χ2n) is 10.5. The second kappa shape index (κ2) is 12.0. The van der Waals surface area contributed by atoms with E-state index in [9.17, 15) is 40.7 Å². The van der Waals surface area contributed by atoms with Crippen LogP contribution in [0.5, 0.6) is 0 Å². The van der Waals surface area contributed by atoms with E-state index in [2.05, 4.69) is 10.6 Å². The van der Waals surface area contributed by atoms with Gasteiger partial charge in [-0.2, -0.15) is 26.3 Å². The lowest BCUT2D eigenvalue weighted by molar-refractivity contribution is -0.152. The van der Waals surface area contributed by atoms with Crippen molar-refractivity contribution in [1.29, 1.82) is 0 Å². The summed E-state index contributed by atoms with van der Waals surface area (Å²) in [6, 6.07) is 13.2. The van der Waals surface area contributed by atoms with Gasteiger partial charge in [-0.05, 0) is 61.4 Å². The molecular weight excluding hydrogens is 554 g/mol. The van der Waals surface area contributed by atoms with Gasteiger partial charge in [0, 0.05) is 30.4 Å². The van der Waals surface area contributed by atoms with Crippen molar-refractivity contribution in [2.24, 2.45) is 17.6 Å². The molecule has 1 saturated carbocycles. The summed E-state index contributed by atoms with van der Waals surface area (Å²) in [6.45, 7) is -0.127. The van der Waals surface area contributed by atoms with Crippen LogP contribution < -0.4 is 21.3 Å². The maximum atomic E-state index is 13.4. The number of nitrogens with one attached hydrogen (secondary N) is 2. The van der Waals surface area contributed by atoms with E-state index < -0.39 is 73.6 Å². The lowest BCUT2D eigenvalue weighted by Crippen LogP contribution is -2.52. The molecule has 3 amide bonds. The standard InChI is InChI=1S/C28H30F6N4O3/c29-27(30,31)12-10-19(24(35)39)20(11-13-28(32,33)34)25(40)37-22-15-38(18-5-3-4-17(14-18)16-8-9-16)23-7-2-1-6-21(23)36-26(22)41/h1-7,14,16,19-20,22H,8-13,15H2,(H2,35,39)(H,36,41)(H,37,40). The summed E-state index contributed by atoms with van der Waals surface area (Å²) in [5.74, 6) is -6.39. The Hall–Kier alpha value is -3.77. The molecule has 7 nitrogen and oxygen atoms in total. The second-order valence-corrected chi connectivity index (χ2v) is 10.5. The number of carbonyl (C=O) groups is 3. The summed E-state index contributed by atoms with van der Waals surface area (Å²) in [5.41, 5.74) is 8.13. The van der Waals surface area contributed by atoms with E-state index in [-0.39, 0.29) is 6.54 Å². The number of amides is 3. The fraction of sp³-hybridized carbons (Fsp3) is 0.464. The van der Waals surface area contributed by atoms with Crippen LogP contribution in [0.25, 0.3) is 0 Å². The molecule has 1 aliphatic carbocycles. The summed E-state index contributed by atoms with van der Waals surface area (Å²) in [6.07, 6.45) is -12.3. The Morgan fingerprint density at radius 1 is 0.951 bits per heavy atom. The molecule has 4 rings (SSSR count). The van der Waals surface area contributed by atoms with E-state index in [4.69, 9.17) is 5.73 Å². The van der Waals surface area contributed by atoms with Crippen LogP contribution in [-0.2, 0) is 14.4 Å². The third kappa shape index (κ3) is 8.14. The number of para-hydroxylation sites is 2. The highest BCUT2D eigenvalue weighted by Crippen LogP contribution is 2.42. The number of nitrogens with two attached hydrogens (primary N) is 1.